The van der Waals surface area contributed by atoms with Crippen molar-refractivity contribution in [2.45, 2.75) is 0 Å². The maximum atomic E-state index is 8.50. The van der Waals surface area contributed by atoms with Crippen molar-refractivity contribution in [1.29, 1.82) is 5.26 Å². The van der Waals surface area contributed by atoms with Crippen molar-refractivity contribution < 1.29 is 9.15 Å². The van der Waals surface area contributed by atoms with Gasteiger partial charge >= 0.3 is 0 Å². The van der Waals surface area contributed by atoms with Crippen molar-refractivity contribution in [3.63, 3.8) is 0 Å². The standard InChI is InChI=1S/C10H5Cl2N3O2/c11-6-3-7(10-15-14-5-17-10)9(8(12)4-6)16-2-1-13/h3-5H,2H2. The quantitative estimate of drug-likeness (QED) is 0.857. The van der Waals surface area contributed by atoms with Crippen molar-refractivity contribution >= 4 is 23.2 Å². The van der Waals surface area contributed by atoms with Gasteiger partial charge in [-0.2, -0.15) is 5.26 Å². The molecule has 0 saturated heterocycles. The lowest BCUT2D eigenvalue weighted by Gasteiger charge is -2.08. The molecule has 0 saturated carbocycles. The minimum atomic E-state index is -0.136. The molecule has 0 aliphatic rings. The van der Waals surface area contributed by atoms with Gasteiger partial charge in [0, 0.05) is 5.02 Å². The molecule has 5 nitrogen and oxygen atoms in total. The topological polar surface area (TPSA) is 71.9 Å². The second kappa shape index (κ2) is 5.04. The molecule has 1 heterocycles. The van der Waals surface area contributed by atoms with E-state index in [0.29, 0.717) is 16.3 Å². The summed E-state index contributed by atoms with van der Waals surface area (Å²) in [5.74, 6) is 0.518. The first-order valence-corrected chi connectivity index (χ1v) is 5.23. The average molecular weight is 270 g/mol. The van der Waals surface area contributed by atoms with Gasteiger partial charge in [-0.05, 0) is 12.1 Å². The molecule has 1 aromatic carbocycles. The Hall–Kier alpha value is -1.77. The number of hydrogen-bond donors (Lipinski definition) is 0. The Morgan fingerprint density at radius 3 is 2.88 bits per heavy atom. The van der Waals surface area contributed by atoms with Crippen LogP contribution in [-0.2, 0) is 0 Å². The third-order valence-corrected chi connectivity index (χ3v) is 2.38. The summed E-state index contributed by atoms with van der Waals surface area (Å²) >= 11 is 11.9. The predicted octanol–water partition coefficient (Wildman–Crippen LogP) is 2.95. The highest BCUT2D eigenvalue weighted by molar-refractivity contribution is 6.36. The largest absolute Gasteiger partial charge is 0.476 e. The van der Waals surface area contributed by atoms with Crippen LogP contribution in [0, 0.1) is 11.3 Å². The molecule has 0 fully saturated rings. The first kappa shape index (κ1) is 11.7. The van der Waals surface area contributed by atoms with E-state index in [1.807, 2.05) is 6.07 Å². The Labute approximate surface area is 107 Å². The number of benzene rings is 1. The maximum absolute atomic E-state index is 8.50. The van der Waals surface area contributed by atoms with Crippen molar-refractivity contribution in [2.24, 2.45) is 0 Å². The van der Waals surface area contributed by atoms with Crippen molar-refractivity contribution in [3.05, 3.63) is 28.6 Å². The van der Waals surface area contributed by atoms with E-state index in [9.17, 15) is 0 Å². The monoisotopic (exact) mass is 269 g/mol. The van der Waals surface area contributed by atoms with E-state index in [0.717, 1.165) is 0 Å². The SMILES string of the molecule is N#CCOc1c(Cl)cc(Cl)cc1-c1nnco1. The van der Waals surface area contributed by atoms with Gasteiger partial charge in [0.25, 0.3) is 5.89 Å². The minimum Gasteiger partial charge on any atom is -0.476 e. The molecule has 2 aromatic rings. The summed E-state index contributed by atoms with van der Waals surface area (Å²) in [5, 5.41) is 16.5. The molecule has 0 radical (unpaired) electrons. The van der Waals surface area contributed by atoms with Crippen LogP contribution in [0.4, 0.5) is 0 Å². The van der Waals surface area contributed by atoms with E-state index in [2.05, 4.69) is 10.2 Å². The second-order valence-corrected chi connectivity index (χ2v) is 3.80. The van der Waals surface area contributed by atoms with E-state index < -0.39 is 0 Å². The van der Waals surface area contributed by atoms with E-state index in [1.54, 1.807) is 6.07 Å². The molecule has 86 valence electrons. The normalized spacial score (nSPS) is 9.94. The number of halogens is 2. The van der Waals surface area contributed by atoms with Crippen LogP contribution >= 0.6 is 23.2 Å². The van der Waals surface area contributed by atoms with Crippen LogP contribution in [-0.4, -0.2) is 16.8 Å². The van der Waals surface area contributed by atoms with Crippen molar-refractivity contribution in [3.8, 4) is 23.3 Å². The van der Waals surface area contributed by atoms with E-state index in [4.69, 9.17) is 37.6 Å². The third-order valence-electron chi connectivity index (χ3n) is 1.88. The predicted molar refractivity (Wildman–Crippen MR) is 60.9 cm³/mol. The van der Waals surface area contributed by atoms with Gasteiger partial charge in [0.1, 0.15) is 6.07 Å². The number of nitrogens with zero attached hydrogens (tertiary/aromatic N) is 3. The van der Waals surface area contributed by atoms with Gasteiger partial charge in [0.15, 0.2) is 12.4 Å². The first-order valence-electron chi connectivity index (χ1n) is 4.47. The molecule has 0 aliphatic carbocycles. The fourth-order valence-electron chi connectivity index (χ4n) is 1.26. The highest BCUT2D eigenvalue weighted by Gasteiger charge is 2.16. The fraction of sp³-hybridized carbons (Fsp3) is 0.100. The van der Waals surface area contributed by atoms with Gasteiger partial charge in [0.2, 0.25) is 6.39 Å². The zero-order chi connectivity index (χ0) is 12.3. The summed E-state index contributed by atoms with van der Waals surface area (Å²) in [6.07, 6.45) is 1.18. The van der Waals surface area contributed by atoms with Gasteiger partial charge in [0.05, 0.1) is 10.6 Å². The molecule has 7 heteroatoms. The number of nitriles is 1. The van der Waals surface area contributed by atoms with E-state index in [-0.39, 0.29) is 17.5 Å². The summed E-state index contributed by atoms with van der Waals surface area (Å²) < 4.78 is 10.3. The Balaban J connectivity index is 2.52. The van der Waals surface area contributed by atoms with Crippen LogP contribution in [0.2, 0.25) is 10.0 Å². The maximum Gasteiger partial charge on any atom is 0.251 e. The smallest absolute Gasteiger partial charge is 0.251 e. The Morgan fingerprint density at radius 1 is 1.41 bits per heavy atom. The number of aromatic nitrogens is 2. The number of rotatable bonds is 3. The van der Waals surface area contributed by atoms with Gasteiger partial charge in [-0.1, -0.05) is 23.2 Å². The highest BCUT2D eigenvalue weighted by atomic mass is 35.5. The second-order valence-electron chi connectivity index (χ2n) is 2.95. The van der Waals surface area contributed by atoms with Crippen LogP contribution in [0.25, 0.3) is 11.5 Å². The lowest BCUT2D eigenvalue weighted by atomic mass is 10.2. The van der Waals surface area contributed by atoms with Crippen LogP contribution in [0.1, 0.15) is 0 Å². The summed E-state index contributed by atoms with van der Waals surface area (Å²) in [4.78, 5) is 0. The van der Waals surface area contributed by atoms with Gasteiger partial charge in [-0.15, -0.1) is 10.2 Å². The number of hydrogen-bond acceptors (Lipinski definition) is 5. The third kappa shape index (κ3) is 2.49. The van der Waals surface area contributed by atoms with Gasteiger partial charge < -0.3 is 9.15 Å². The molecular weight excluding hydrogens is 265 g/mol. The minimum absolute atomic E-state index is 0.136. The van der Waals surface area contributed by atoms with Crippen LogP contribution in [0.5, 0.6) is 5.75 Å². The Bertz CT molecular complexity index is 564. The average Bonchev–Trinajstić information content (AvgIpc) is 2.80. The van der Waals surface area contributed by atoms with Gasteiger partial charge in [-0.25, -0.2) is 0 Å². The first-order chi connectivity index (χ1) is 8.22. The molecule has 0 amide bonds. The zero-order valence-electron chi connectivity index (χ0n) is 8.35. The molecular formula is C10H5Cl2N3O2. The van der Waals surface area contributed by atoms with Crippen LogP contribution in [0.15, 0.2) is 22.9 Å². The van der Waals surface area contributed by atoms with Crippen LogP contribution in [0.3, 0.4) is 0 Å². The van der Waals surface area contributed by atoms with Crippen molar-refractivity contribution in [2.75, 3.05) is 6.61 Å². The van der Waals surface area contributed by atoms with Crippen molar-refractivity contribution in [1.82, 2.24) is 10.2 Å². The lowest BCUT2D eigenvalue weighted by Crippen LogP contribution is -1.97. The van der Waals surface area contributed by atoms with Gasteiger partial charge in [-0.3, -0.25) is 0 Å². The summed E-state index contributed by atoms with van der Waals surface area (Å²) in [6.45, 7) is -0.136. The molecule has 0 aliphatic heterocycles. The molecule has 17 heavy (non-hydrogen) atoms. The highest BCUT2D eigenvalue weighted by Crippen LogP contribution is 2.38. The molecule has 0 N–H and O–H groups in total. The molecule has 0 atom stereocenters. The fourth-order valence-corrected chi connectivity index (χ4v) is 1.81. The lowest BCUT2D eigenvalue weighted by molar-refractivity contribution is 0.368. The molecule has 0 unspecified atom stereocenters. The van der Waals surface area contributed by atoms with E-state index in [1.165, 1.54) is 12.5 Å². The molecule has 1 aromatic heterocycles. The molecule has 0 bridgehead atoms. The summed E-state index contributed by atoms with van der Waals surface area (Å²) in [6, 6.07) is 4.94. The Kier molecular flexibility index (Phi) is 3.47. The summed E-state index contributed by atoms with van der Waals surface area (Å²) in [5.41, 5.74) is 0.454. The Morgan fingerprint density at radius 2 is 2.24 bits per heavy atom. The number of ether oxygens (including phenoxy) is 1. The molecule has 0 spiro atoms. The molecule has 2 rings (SSSR count). The zero-order valence-corrected chi connectivity index (χ0v) is 9.87. The summed E-state index contributed by atoms with van der Waals surface area (Å²) in [7, 11) is 0. The van der Waals surface area contributed by atoms with Crippen LogP contribution < -0.4 is 4.74 Å². The van der Waals surface area contributed by atoms with E-state index >= 15 is 0 Å².